The van der Waals surface area contributed by atoms with Gasteiger partial charge in [-0.05, 0) is 47.2 Å². The van der Waals surface area contributed by atoms with Crippen molar-refractivity contribution in [1.29, 1.82) is 5.26 Å². The maximum absolute atomic E-state index is 11.8. The smallest absolute Gasteiger partial charge is 0.408 e. The topological polar surface area (TPSA) is 114 Å². The molecule has 1 saturated heterocycles. The van der Waals surface area contributed by atoms with Crippen LogP contribution in [0.2, 0.25) is 0 Å². The van der Waals surface area contributed by atoms with Gasteiger partial charge in [-0.3, -0.25) is 14.3 Å². The molecular formula is C25H24N4O4S. The fourth-order valence-electron chi connectivity index (χ4n) is 4.42. The minimum atomic E-state index is -0.685. The molecule has 5 rings (SSSR count). The highest BCUT2D eigenvalue weighted by atomic mass is 32.1. The lowest BCUT2D eigenvalue weighted by Crippen LogP contribution is -2.44. The summed E-state index contributed by atoms with van der Waals surface area (Å²) in [6.07, 6.45) is 0.639. The lowest BCUT2D eigenvalue weighted by Gasteiger charge is -2.26. The van der Waals surface area contributed by atoms with Crippen molar-refractivity contribution in [2.75, 3.05) is 19.7 Å². The molecular weight excluding hydrogens is 452 g/mol. The molecule has 174 valence electrons. The molecule has 2 aromatic carbocycles. The molecule has 8 nitrogen and oxygen atoms in total. The van der Waals surface area contributed by atoms with Crippen LogP contribution in [0.5, 0.6) is 0 Å². The molecule has 1 amide bonds. The Morgan fingerprint density at radius 2 is 2.06 bits per heavy atom. The second kappa shape index (κ2) is 9.06. The predicted molar refractivity (Wildman–Crippen MR) is 131 cm³/mol. The van der Waals surface area contributed by atoms with Gasteiger partial charge < -0.3 is 14.9 Å². The number of primary amides is 1. The highest BCUT2D eigenvalue weighted by Gasteiger charge is 2.28. The van der Waals surface area contributed by atoms with Gasteiger partial charge in [0, 0.05) is 42.7 Å². The average molecular weight is 477 g/mol. The number of nitriles is 1. The summed E-state index contributed by atoms with van der Waals surface area (Å²) in [4.78, 5) is 26.6. The molecule has 0 aliphatic carbocycles. The van der Waals surface area contributed by atoms with Gasteiger partial charge in [-0.1, -0.05) is 18.2 Å². The Hall–Kier alpha value is -3.45. The van der Waals surface area contributed by atoms with E-state index in [2.05, 4.69) is 30.3 Å². The number of nitrogens with zero attached hydrogens (tertiary/aromatic N) is 3. The number of hydrogen-bond donors (Lipinski definition) is 1. The molecule has 2 aromatic heterocycles. The van der Waals surface area contributed by atoms with Gasteiger partial charge in [0.2, 0.25) is 5.91 Å². The third-order valence-electron chi connectivity index (χ3n) is 6.31. The van der Waals surface area contributed by atoms with E-state index in [1.165, 1.54) is 4.57 Å². The lowest BCUT2D eigenvalue weighted by molar-refractivity contribution is -0.129. The second-order valence-corrected chi connectivity index (χ2v) is 9.70. The van der Waals surface area contributed by atoms with E-state index in [-0.39, 0.29) is 11.8 Å². The molecule has 0 radical (unpaired) electrons. The van der Waals surface area contributed by atoms with Crippen molar-refractivity contribution in [1.82, 2.24) is 9.47 Å². The Morgan fingerprint density at radius 1 is 1.26 bits per heavy atom. The highest BCUT2D eigenvalue weighted by Crippen LogP contribution is 2.32. The molecule has 3 heterocycles. The molecule has 34 heavy (non-hydrogen) atoms. The van der Waals surface area contributed by atoms with E-state index >= 15 is 0 Å². The van der Waals surface area contributed by atoms with Gasteiger partial charge in [0.1, 0.15) is 12.1 Å². The summed E-state index contributed by atoms with van der Waals surface area (Å²) in [6, 6.07) is 16.2. The molecule has 2 atom stereocenters. The van der Waals surface area contributed by atoms with Crippen LogP contribution in [0.3, 0.4) is 0 Å². The van der Waals surface area contributed by atoms with Crippen LogP contribution in [0.4, 0.5) is 0 Å². The zero-order valence-electron chi connectivity index (χ0n) is 18.7. The maximum atomic E-state index is 11.8. The Bertz CT molecular complexity index is 1480. The van der Waals surface area contributed by atoms with E-state index in [1.54, 1.807) is 18.4 Å². The number of oxazole rings is 1. The number of benzene rings is 2. The number of carbonyl (C=O) groups excluding carboxylic acids is 1. The van der Waals surface area contributed by atoms with Crippen molar-refractivity contribution in [2.24, 2.45) is 12.8 Å². The van der Waals surface area contributed by atoms with Gasteiger partial charge >= 0.3 is 5.76 Å². The fraction of sp³-hybridized carbons (Fsp3) is 0.320. The quantitative estimate of drug-likeness (QED) is 0.474. The van der Waals surface area contributed by atoms with Crippen LogP contribution in [0, 0.1) is 11.3 Å². The van der Waals surface area contributed by atoms with Gasteiger partial charge in [0.05, 0.1) is 11.6 Å². The zero-order valence-corrected chi connectivity index (χ0v) is 19.5. The van der Waals surface area contributed by atoms with Crippen molar-refractivity contribution in [2.45, 2.75) is 25.0 Å². The predicted octanol–water partition coefficient (Wildman–Crippen LogP) is 3.02. The number of amides is 1. The molecule has 0 saturated carbocycles. The van der Waals surface area contributed by atoms with E-state index in [0.29, 0.717) is 31.7 Å². The largest absolute Gasteiger partial charge is 0.419 e. The number of ether oxygens (including phenoxy) is 1. The summed E-state index contributed by atoms with van der Waals surface area (Å²) in [5.74, 6) is -0.873. The van der Waals surface area contributed by atoms with Crippen molar-refractivity contribution in [3.63, 3.8) is 0 Å². The first-order chi connectivity index (χ1) is 16.4. The Balaban J connectivity index is 1.40. The SMILES string of the molecule is Cn1c(=O)oc2ccc(-c3ccc4cc(C[C@@H](C#N)N5CCCOC(C(N)=O)C5)sc4c3)cc21. The summed E-state index contributed by atoms with van der Waals surface area (Å²) in [5.41, 5.74) is 8.81. The molecule has 0 bridgehead atoms. The molecule has 1 aliphatic heterocycles. The van der Waals surface area contributed by atoms with Crippen LogP contribution < -0.4 is 11.5 Å². The standard InChI is InChI=1S/C25H24N4O4S/c1-28-20-10-15(5-6-21(20)33-25(28)31)16-3-4-17-9-19(34-23(17)11-16)12-18(13-26)29-7-2-8-32-22(14-29)24(27)30/h3-6,9-11,18,22H,2,7-8,12,14H2,1H3,(H2,27,30)/t18-,22?/m0/s1. The minimum absolute atomic E-state index is 0.335. The third-order valence-corrected chi connectivity index (χ3v) is 7.43. The molecule has 1 unspecified atom stereocenters. The first-order valence-electron chi connectivity index (χ1n) is 11.1. The van der Waals surface area contributed by atoms with Gasteiger partial charge in [0.15, 0.2) is 5.58 Å². The van der Waals surface area contributed by atoms with Crippen molar-refractivity contribution in [3.05, 3.63) is 57.9 Å². The Kier molecular flexibility index (Phi) is 5.96. The normalized spacial score (nSPS) is 18.1. The molecule has 1 aliphatic rings. The molecule has 2 N–H and O–H groups in total. The molecule has 1 fully saturated rings. The van der Waals surface area contributed by atoms with Gasteiger partial charge in [-0.25, -0.2) is 4.79 Å². The lowest BCUT2D eigenvalue weighted by atomic mass is 10.0. The van der Waals surface area contributed by atoms with Crippen LogP contribution in [0.1, 0.15) is 11.3 Å². The van der Waals surface area contributed by atoms with Crippen LogP contribution in [0.25, 0.3) is 32.3 Å². The van der Waals surface area contributed by atoms with E-state index < -0.39 is 12.0 Å². The first kappa shape index (κ1) is 22.3. The summed E-state index contributed by atoms with van der Waals surface area (Å²) in [7, 11) is 1.69. The maximum Gasteiger partial charge on any atom is 0.419 e. The second-order valence-electron chi connectivity index (χ2n) is 8.53. The van der Waals surface area contributed by atoms with Crippen LogP contribution >= 0.6 is 11.3 Å². The van der Waals surface area contributed by atoms with Crippen LogP contribution in [-0.4, -0.2) is 47.2 Å². The third kappa shape index (κ3) is 4.23. The number of nitrogens with two attached hydrogens (primary N) is 1. The average Bonchev–Trinajstić information content (AvgIpc) is 3.24. The number of thiophene rings is 1. The van der Waals surface area contributed by atoms with E-state index in [4.69, 9.17) is 14.9 Å². The van der Waals surface area contributed by atoms with E-state index in [9.17, 15) is 14.9 Å². The highest BCUT2D eigenvalue weighted by molar-refractivity contribution is 7.19. The summed E-state index contributed by atoms with van der Waals surface area (Å²) >= 11 is 1.66. The number of aromatic nitrogens is 1. The number of fused-ring (bicyclic) bond motifs is 2. The number of rotatable bonds is 5. The fourth-order valence-corrected chi connectivity index (χ4v) is 5.57. The summed E-state index contributed by atoms with van der Waals surface area (Å²) < 4.78 is 13.4. The van der Waals surface area contributed by atoms with Gasteiger partial charge in [-0.2, -0.15) is 5.26 Å². The van der Waals surface area contributed by atoms with Crippen molar-refractivity contribution >= 4 is 38.4 Å². The van der Waals surface area contributed by atoms with E-state index in [1.807, 2.05) is 23.1 Å². The summed E-state index contributed by atoms with van der Waals surface area (Å²) in [5, 5.41) is 11.0. The van der Waals surface area contributed by atoms with Crippen molar-refractivity contribution < 1.29 is 13.9 Å². The van der Waals surface area contributed by atoms with Gasteiger partial charge in [-0.15, -0.1) is 11.3 Å². The molecule has 4 aromatic rings. The van der Waals surface area contributed by atoms with Crippen LogP contribution in [0.15, 0.2) is 51.7 Å². The van der Waals surface area contributed by atoms with E-state index in [0.717, 1.165) is 38.0 Å². The molecule has 9 heteroatoms. The Morgan fingerprint density at radius 3 is 2.85 bits per heavy atom. The zero-order chi connectivity index (χ0) is 23.8. The number of hydrogen-bond acceptors (Lipinski definition) is 7. The van der Waals surface area contributed by atoms with Gasteiger partial charge in [0.25, 0.3) is 0 Å². The van der Waals surface area contributed by atoms with Crippen molar-refractivity contribution in [3.8, 4) is 17.2 Å². The van der Waals surface area contributed by atoms with Crippen LogP contribution in [-0.2, 0) is 23.0 Å². The molecule has 0 spiro atoms. The minimum Gasteiger partial charge on any atom is -0.408 e. The summed E-state index contributed by atoms with van der Waals surface area (Å²) in [6.45, 7) is 1.49. The Labute approximate surface area is 199 Å². The number of carbonyl (C=O) groups is 1. The first-order valence-corrected chi connectivity index (χ1v) is 11.9. The number of aryl methyl sites for hydroxylation is 1. The monoisotopic (exact) mass is 476 g/mol.